The smallest absolute Gasteiger partial charge is 0.160 e. The summed E-state index contributed by atoms with van der Waals surface area (Å²) in [4.78, 5) is 12.2. The Bertz CT molecular complexity index is 1780. The number of hydrogen-bond donors (Lipinski definition) is 0. The standard InChI is InChI=1S/C32H19N3O2/c1-2-10-20(11-3-1)30-22-12-4-5-13-23(22)33-32(34-30)21-18-28-31-29(19-21)37-27-17-9-7-15-25(27)35(31)24-14-6-8-16-26(24)36-28/h1-19H. The molecule has 2 aliphatic rings. The molecule has 8 rings (SSSR count). The molecule has 0 unspecified atom stereocenters. The zero-order chi connectivity index (χ0) is 24.3. The lowest BCUT2D eigenvalue weighted by atomic mass is 10.0. The minimum atomic E-state index is 0.619. The highest BCUT2D eigenvalue weighted by atomic mass is 16.5. The second kappa shape index (κ2) is 7.67. The van der Waals surface area contributed by atoms with Crippen molar-refractivity contribution in [2.45, 2.75) is 0 Å². The summed E-state index contributed by atoms with van der Waals surface area (Å²) >= 11 is 0. The highest BCUT2D eigenvalue weighted by molar-refractivity contribution is 5.96. The van der Waals surface area contributed by atoms with E-state index in [2.05, 4.69) is 35.2 Å². The van der Waals surface area contributed by atoms with Crippen LogP contribution in [0.2, 0.25) is 0 Å². The highest BCUT2D eigenvalue weighted by Gasteiger charge is 2.35. The number of rotatable bonds is 2. The molecule has 5 nitrogen and oxygen atoms in total. The lowest BCUT2D eigenvalue weighted by Crippen LogP contribution is -2.20. The number of aromatic nitrogens is 2. The van der Waals surface area contributed by atoms with Crippen LogP contribution in [0.5, 0.6) is 23.0 Å². The summed E-state index contributed by atoms with van der Waals surface area (Å²) in [5, 5.41) is 1.01. The van der Waals surface area contributed by atoms with Crippen LogP contribution in [0.1, 0.15) is 0 Å². The van der Waals surface area contributed by atoms with Crippen molar-refractivity contribution in [2.75, 3.05) is 4.90 Å². The van der Waals surface area contributed by atoms with Gasteiger partial charge in [0.2, 0.25) is 0 Å². The second-order valence-corrected chi connectivity index (χ2v) is 9.08. The Labute approximate surface area is 213 Å². The summed E-state index contributed by atoms with van der Waals surface area (Å²) in [7, 11) is 0. The summed E-state index contributed by atoms with van der Waals surface area (Å²) in [5.41, 5.74) is 6.49. The lowest BCUT2D eigenvalue weighted by Gasteiger charge is -2.38. The van der Waals surface area contributed by atoms with Gasteiger partial charge in [0.15, 0.2) is 28.8 Å². The fraction of sp³-hybridized carbons (Fsp3) is 0. The van der Waals surface area contributed by atoms with E-state index in [0.717, 1.165) is 56.3 Å². The van der Waals surface area contributed by atoms with E-state index in [1.54, 1.807) is 0 Å². The number of ether oxygens (including phenoxy) is 2. The first kappa shape index (κ1) is 20.1. The molecule has 0 atom stereocenters. The highest BCUT2D eigenvalue weighted by Crippen LogP contribution is 2.60. The fourth-order valence-corrected chi connectivity index (χ4v) is 5.17. The average Bonchev–Trinajstić information content (AvgIpc) is 2.96. The molecule has 37 heavy (non-hydrogen) atoms. The van der Waals surface area contributed by atoms with Crippen LogP contribution < -0.4 is 14.4 Å². The molecule has 0 bridgehead atoms. The maximum Gasteiger partial charge on any atom is 0.160 e. The predicted molar refractivity (Wildman–Crippen MR) is 145 cm³/mol. The molecular formula is C32H19N3O2. The molecule has 0 saturated heterocycles. The van der Waals surface area contributed by atoms with Crippen molar-refractivity contribution in [3.05, 3.63) is 115 Å². The third-order valence-electron chi connectivity index (χ3n) is 6.82. The van der Waals surface area contributed by atoms with E-state index in [1.165, 1.54) is 0 Å². The molecule has 5 heteroatoms. The van der Waals surface area contributed by atoms with Gasteiger partial charge in [0, 0.05) is 16.5 Å². The van der Waals surface area contributed by atoms with Crippen LogP contribution in [0.25, 0.3) is 33.5 Å². The maximum absolute atomic E-state index is 6.43. The van der Waals surface area contributed by atoms with Crippen molar-refractivity contribution >= 4 is 28.0 Å². The van der Waals surface area contributed by atoms with E-state index in [9.17, 15) is 0 Å². The van der Waals surface area contributed by atoms with Crippen LogP contribution in [0, 0.1) is 0 Å². The van der Waals surface area contributed by atoms with Gasteiger partial charge in [-0.1, -0.05) is 72.8 Å². The zero-order valence-electron chi connectivity index (χ0n) is 19.6. The monoisotopic (exact) mass is 477 g/mol. The summed E-state index contributed by atoms with van der Waals surface area (Å²) in [6.45, 7) is 0. The molecule has 0 amide bonds. The molecular weight excluding hydrogens is 458 g/mol. The number of nitrogens with zero attached hydrogens (tertiary/aromatic N) is 3. The van der Waals surface area contributed by atoms with Gasteiger partial charge in [-0.15, -0.1) is 0 Å². The quantitative estimate of drug-likeness (QED) is 0.249. The van der Waals surface area contributed by atoms with E-state index < -0.39 is 0 Å². The molecule has 0 saturated carbocycles. The Morgan fingerprint density at radius 3 is 1.81 bits per heavy atom. The summed E-state index contributed by atoms with van der Waals surface area (Å²) in [6, 6.07) is 38.5. The number of para-hydroxylation sites is 5. The Hall–Kier alpha value is -5.16. The van der Waals surface area contributed by atoms with E-state index in [4.69, 9.17) is 19.4 Å². The van der Waals surface area contributed by atoms with Gasteiger partial charge in [-0.05, 0) is 42.5 Å². The second-order valence-electron chi connectivity index (χ2n) is 9.08. The van der Waals surface area contributed by atoms with Crippen LogP contribution >= 0.6 is 0 Å². The summed E-state index contributed by atoms with van der Waals surface area (Å²) in [5.74, 6) is 3.61. The van der Waals surface area contributed by atoms with Gasteiger partial charge < -0.3 is 9.47 Å². The van der Waals surface area contributed by atoms with Crippen LogP contribution in [0.3, 0.4) is 0 Å². The van der Waals surface area contributed by atoms with Gasteiger partial charge in [-0.2, -0.15) is 0 Å². The van der Waals surface area contributed by atoms with Crippen molar-refractivity contribution in [1.82, 2.24) is 9.97 Å². The third-order valence-corrected chi connectivity index (χ3v) is 6.82. The number of fused-ring (bicyclic) bond motifs is 5. The SMILES string of the molecule is c1ccc(-c2nc(-c3cc4c5c(c3)Oc3ccccc3N5c3ccccc3O4)nc3ccccc23)cc1. The molecule has 5 aromatic carbocycles. The Kier molecular flexibility index (Phi) is 4.16. The van der Waals surface area contributed by atoms with Crippen molar-refractivity contribution in [1.29, 1.82) is 0 Å². The van der Waals surface area contributed by atoms with Crippen molar-refractivity contribution in [3.63, 3.8) is 0 Å². The molecule has 3 heterocycles. The predicted octanol–water partition coefficient (Wildman–Crippen LogP) is 8.64. The molecule has 6 aromatic rings. The normalized spacial score (nSPS) is 12.7. The van der Waals surface area contributed by atoms with Gasteiger partial charge in [0.05, 0.1) is 22.6 Å². The zero-order valence-corrected chi connectivity index (χ0v) is 19.6. The van der Waals surface area contributed by atoms with E-state index in [-0.39, 0.29) is 0 Å². The van der Waals surface area contributed by atoms with Crippen molar-refractivity contribution in [3.8, 4) is 45.6 Å². The average molecular weight is 478 g/mol. The third kappa shape index (κ3) is 3.04. The minimum absolute atomic E-state index is 0.619. The number of benzene rings is 5. The van der Waals surface area contributed by atoms with Gasteiger partial charge in [-0.3, -0.25) is 4.90 Å². The van der Waals surface area contributed by atoms with Gasteiger partial charge in [0.25, 0.3) is 0 Å². The molecule has 0 radical (unpaired) electrons. The van der Waals surface area contributed by atoms with Gasteiger partial charge in [-0.25, -0.2) is 9.97 Å². The number of hydrogen-bond acceptors (Lipinski definition) is 5. The largest absolute Gasteiger partial charge is 0.453 e. The first-order valence-corrected chi connectivity index (χ1v) is 12.2. The first-order valence-electron chi connectivity index (χ1n) is 12.2. The summed E-state index contributed by atoms with van der Waals surface area (Å²) in [6.07, 6.45) is 0. The van der Waals surface area contributed by atoms with E-state index >= 15 is 0 Å². The first-order chi connectivity index (χ1) is 18.3. The molecule has 0 spiro atoms. The Morgan fingerprint density at radius 1 is 0.514 bits per heavy atom. The Morgan fingerprint density at radius 2 is 1.11 bits per heavy atom. The maximum atomic E-state index is 6.43. The fourth-order valence-electron chi connectivity index (χ4n) is 5.17. The molecule has 1 aromatic heterocycles. The van der Waals surface area contributed by atoms with E-state index in [0.29, 0.717) is 17.3 Å². The molecule has 0 aliphatic carbocycles. The van der Waals surface area contributed by atoms with Gasteiger partial charge in [0.1, 0.15) is 5.69 Å². The van der Waals surface area contributed by atoms with Crippen LogP contribution in [0.15, 0.2) is 115 Å². The number of anilines is 3. The minimum Gasteiger partial charge on any atom is -0.453 e. The van der Waals surface area contributed by atoms with Gasteiger partial charge >= 0.3 is 0 Å². The molecule has 2 aliphatic heterocycles. The topological polar surface area (TPSA) is 47.5 Å². The molecule has 0 N–H and O–H groups in total. The van der Waals surface area contributed by atoms with Crippen molar-refractivity contribution < 1.29 is 9.47 Å². The Balaban J connectivity index is 1.37. The van der Waals surface area contributed by atoms with Crippen LogP contribution in [-0.2, 0) is 0 Å². The molecule has 0 fully saturated rings. The summed E-state index contributed by atoms with van der Waals surface area (Å²) < 4.78 is 12.9. The van der Waals surface area contributed by atoms with Crippen LogP contribution in [0.4, 0.5) is 17.1 Å². The lowest BCUT2D eigenvalue weighted by molar-refractivity contribution is 0.446. The van der Waals surface area contributed by atoms with E-state index in [1.807, 2.05) is 84.9 Å². The van der Waals surface area contributed by atoms with Crippen molar-refractivity contribution in [2.24, 2.45) is 0 Å². The van der Waals surface area contributed by atoms with Crippen LogP contribution in [-0.4, -0.2) is 9.97 Å². The molecule has 174 valence electrons.